The summed E-state index contributed by atoms with van der Waals surface area (Å²) in [4.78, 5) is 12.2. The minimum atomic E-state index is -4.43. The first-order valence-electron chi connectivity index (χ1n) is 9.20. The van der Waals surface area contributed by atoms with Crippen molar-refractivity contribution >= 4 is 31.7 Å². The fraction of sp³-hybridized carbons (Fsp3) is 0.316. The Morgan fingerprint density at radius 2 is 1.73 bits per heavy atom. The van der Waals surface area contributed by atoms with Crippen molar-refractivity contribution < 1.29 is 30.9 Å². The first-order chi connectivity index (χ1) is 14.1. The SMILES string of the molecule is COc1ccc(C(=O)Nc2cccc(S(=O)(=O)O)c2)cc1S(=O)(=O)N1CCCCC1. The lowest BCUT2D eigenvalue weighted by Crippen LogP contribution is -2.35. The van der Waals surface area contributed by atoms with Crippen molar-refractivity contribution in [2.45, 2.75) is 29.1 Å². The van der Waals surface area contributed by atoms with E-state index < -0.39 is 26.0 Å². The molecule has 1 aliphatic rings. The minimum absolute atomic E-state index is 0.0589. The predicted molar refractivity (Wildman–Crippen MR) is 110 cm³/mol. The van der Waals surface area contributed by atoms with Crippen LogP contribution in [-0.4, -0.2) is 51.8 Å². The van der Waals surface area contributed by atoms with Gasteiger partial charge in [-0.25, -0.2) is 8.42 Å². The predicted octanol–water partition coefficient (Wildman–Crippen LogP) is 2.37. The third kappa shape index (κ3) is 4.81. The van der Waals surface area contributed by atoms with Crippen molar-refractivity contribution in [2.24, 2.45) is 0 Å². The van der Waals surface area contributed by atoms with E-state index >= 15 is 0 Å². The number of carbonyl (C=O) groups is 1. The minimum Gasteiger partial charge on any atom is -0.495 e. The molecule has 1 heterocycles. The van der Waals surface area contributed by atoms with Crippen LogP contribution in [0.1, 0.15) is 29.6 Å². The lowest BCUT2D eigenvalue weighted by Gasteiger charge is -2.26. The molecular weight excluding hydrogens is 432 g/mol. The molecule has 0 radical (unpaired) electrons. The van der Waals surface area contributed by atoms with Gasteiger partial charge in [-0.2, -0.15) is 12.7 Å². The molecule has 2 aromatic carbocycles. The van der Waals surface area contributed by atoms with E-state index in [0.29, 0.717) is 13.1 Å². The second kappa shape index (κ2) is 8.72. The van der Waals surface area contributed by atoms with E-state index in [0.717, 1.165) is 25.3 Å². The van der Waals surface area contributed by atoms with E-state index in [2.05, 4.69) is 5.32 Å². The fourth-order valence-corrected chi connectivity index (χ4v) is 5.43. The van der Waals surface area contributed by atoms with Crippen LogP contribution in [0.25, 0.3) is 0 Å². The van der Waals surface area contributed by atoms with E-state index in [-0.39, 0.29) is 26.8 Å². The highest BCUT2D eigenvalue weighted by molar-refractivity contribution is 7.89. The fourth-order valence-electron chi connectivity index (χ4n) is 3.20. The third-order valence-corrected chi connectivity index (χ3v) is 7.52. The van der Waals surface area contributed by atoms with Gasteiger partial charge >= 0.3 is 0 Å². The largest absolute Gasteiger partial charge is 0.495 e. The van der Waals surface area contributed by atoms with E-state index in [1.807, 2.05) is 0 Å². The Morgan fingerprint density at radius 3 is 2.37 bits per heavy atom. The lowest BCUT2D eigenvalue weighted by atomic mass is 10.2. The molecule has 0 atom stereocenters. The number of hydrogen-bond acceptors (Lipinski definition) is 6. The number of piperidine rings is 1. The van der Waals surface area contributed by atoms with Gasteiger partial charge in [0.05, 0.1) is 12.0 Å². The number of nitrogens with zero attached hydrogens (tertiary/aromatic N) is 1. The Hall–Kier alpha value is -2.47. The standard InChI is InChI=1S/C19H22N2O7S2/c1-28-17-9-8-14(12-18(17)29(23,24)21-10-3-2-4-11-21)19(22)20-15-6-5-7-16(13-15)30(25,26)27/h5-9,12-13H,2-4,10-11H2,1H3,(H,20,22)(H,25,26,27). The average Bonchev–Trinajstić information content (AvgIpc) is 2.73. The molecule has 0 spiro atoms. The maximum Gasteiger partial charge on any atom is 0.294 e. The van der Waals surface area contributed by atoms with Crippen LogP contribution < -0.4 is 10.1 Å². The molecule has 0 saturated carbocycles. The van der Waals surface area contributed by atoms with Crippen LogP contribution in [0.4, 0.5) is 5.69 Å². The summed E-state index contributed by atoms with van der Waals surface area (Å²) >= 11 is 0. The van der Waals surface area contributed by atoms with Crippen LogP contribution in [0.15, 0.2) is 52.3 Å². The number of sulfonamides is 1. The summed E-state index contributed by atoms with van der Waals surface area (Å²) in [7, 11) is -6.92. The van der Waals surface area contributed by atoms with E-state index in [1.165, 1.54) is 47.8 Å². The summed E-state index contributed by atoms with van der Waals surface area (Å²) in [6, 6.07) is 9.14. The van der Waals surface area contributed by atoms with Crippen LogP contribution in [-0.2, 0) is 20.1 Å². The first-order valence-corrected chi connectivity index (χ1v) is 12.1. The van der Waals surface area contributed by atoms with Gasteiger partial charge in [-0.3, -0.25) is 9.35 Å². The Bertz CT molecular complexity index is 1160. The van der Waals surface area contributed by atoms with Crippen LogP contribution in [0, 0.1) is 0 Å². The molecule has 2 N–H and O–H groups in total. The van der Waals surface area contributed by atoms with Gasteiger partial charge < -0.3 is 10.1 Å². The molecule has 1 aliphatic heterocycles. The summed E-state index contributed by atoms with van der Waals surface area (Å²) in [6.45, 7) is 0.814. The number of benzene rings is 2. The number of hydrogen-bond donors (Lipinski definition) is 2. The molecule has 162 valence electrons. The zero-order valence-corrected chi connectivity index (χ0v) is 17.9. The number of carbonyl (C=O) groups excluding carboxylic acids is 1. The van der Waals surface area contributed by atoms with Gasteiger partial charge in [0.25, 0.3) is 16.0 Å². The van der Waals surface area contributed by atoms with Crippen molar-refractivity contribution in [3.05, 3.63) is 48.0 Å². The van der Waals surface area contributed by atoms with Gasteiger partial charge in [0.2, 0.25) is 10.0 Å². The van der Waals surface area contributed by atoms with E-state index in [1.54, 1.807) is 0 Å². The topological polar surface area (TPSA) is 130 Å². The second-order valence-corrected chi connectivity index (χ2v) is 10.1. The van der Waals surface area contributed by atoms with Crippen molar-refractivity contribution in [1.29, 1.82) is 0 Å². The van der Waals surface area contributed by atoms with Crippen molar-refractivity contribution in [3.8, 4) is 5.75 Å². The highest BCUT2D eigenvalue weighted by atomic mass is 32.2. The van der Waals surface area contributed by atoms with Gasteiger partial charge in [0, 0.05) is 24.3 Å². The lowest BCUT2D eigenvalue weighted by molar-refractivity contribution is 0.102. The second-order valence-electron chi connectivity index (χ2n) is 6.79. The quantitative estimate of drug-likeness (QED) is 0.641. The maximum atomic E-state index is 13.1. The van der Waals surface area contributed by atoms with Gasteiger partial charge in [-0.15, -0.1) is 0 Å². The molecule has 1 fully saturated rings. The molecule has 3 rings (SSSR count). The van der Waals surface area contributed by atoms with Crippen molar-refractivity contribution in [2.75, 3.05) is 25.5 Å². The van der Waals surface area contributed by atoms with Gasteiger partial charge in [-0.1, -0.05) is 12.5 Å². The Balaban J connectivity index is 1.92. The molecule has 0 bridgehead atoms. The van der Waals surface area contributed by atoms with Crippen molar-refractivity contribution in [3.63, 3.8) is 0 Å². The summed E-state index contributed by atoms with van der Waals surface area (Å²) in [6.07, 6.45) is 2.51. The average molecular weight is 455 g/mol. The van der Waals surface area contributed by atoms with Gasteiger partial charge in [-0.05, 0) is 49.2 Å². The number of amides is 1. The maximum absolute atomic E-state index is 13.1. The van der Waals surface area contributed by atoms with Crippen LogP contribution in [0.5, 0.6) is 5.75 Å². The summed E-state index contributed by atoms with van der Waals surface area (Å²) in [5.41, 5.74) is 0.190. The summed E-state index contributed by atoms with van der Waals surface area (Å²) < 4.78 is 64.4. The summed E-state index contributed by atoms with van der Waals surface area (Å²) in [5.74, 6) is -0.509. The van der Waals surface area contributed by atoms with Crippen LogP contribution in [0.3, 0.4) is 0 Å². The molecule has 0 aliphatic carbocycles. The normalized spacial score (nSPS) is 15.5. The van der Waals surface area contributed by atoms with Crippen LogP contribution in [0.2, 0.25) is 0 Å². The van der Waals surface area contributed by atoms with Crippen LogP contribution >= 0.6 is 0 Å². The number of methoxy groups -OCH3 is 1. The number of nitrogens with one attached hydrogen (secondary N) is 1. The highest BCUT2D eigenvalue weighted by Crippen LogP contribution is 2.30. The highest BCUT2D eigenvalue weighted by Gasteiger charge is 2.29. The van der Waals surface area contributed by atoms with Crippen molar-refractivity contribution in [1.82, 2.24) is 4.31 Å². The number of rotatable bonds is 6. The number of anilines is 1. The third-order valence-electron chi connectivity index (χ3n) is 4.75. The molecule has 1 amide bonds. The van der Waals surface area contributed by atoms with Gasteiger partial charge in [0.1, 0.15) is 10.6 Å². The Labute approximate surface area is 175 Å². The molecule has 30 heavy (non-hydrogen) atoms. The smallest absolute Gasteiger partial charge is 0.294 e. The van der Waals surface area contributed by atoms with E-state index in [9.17, 15) is 21.6 Å². The summed E-state index contributed by atoms with van der Waals surface area (Å²) in [5, 5.41) is 2.50. The zero-order chi connectivity index (χ0) is 21.9. The molecular formula is C19H22N2O7S2. The van der Waals surface area contributed by atoms with Gasteiger partial charge in [0.15, 0.2) is 0 Å². The Kier molecular flexibility index (Phi) is 6.46. The molecule has 1 saturated heterocycles. The molecule has 0 aromatic heterocycles. The molecule has 0 unspecified atom stereocenters. The first kappa shape index (κ1) is 22.2. The van der Waals surface area contributed by atoms with E-state index in [4.69, 9.17) is 9.29 Å². The monoisotopic (exact) mass is 454 g/mol. The molecule has 9 nitrogen and oxygen atoms in total. The number of ether oxygens (including phenoxy) is 1. The molecule has 11 heteroatoms. The molecule has 2 aromatic rings. The Morgan fingerprint density at radius 1 is 1.03 bits per heavy atom. The zero-order valence-electron chi connectivity index (χ0n) is 16.2.